The molecular weight excluding hydrogens is 369 g/mol. The number of carboxylic acid groups (broad SMARTS) is 1. The van der Waals surface area contributed by atoms with Crippen molar-refractivity contribution >= 4 is 13.1 Å². The van der Waals surface area contributed by atoms with Crippen LogP contribution in [0.5, 0.6) is 0 Å². The fourth-order valence-electron chi connectivity index (χ4n) is 3.73. The maximum atomic E-state index is 13.2. The SMILES string of the molecule is N[C@](CCCCB(O)O)(C(=O)O)[C@H]1C[C@H](NCCCc2ccc(F)c(F)c2)C1. The molecule has 2 rings (SSSR count). The van der Waals surface area contributed by atoms with Crippen LogP contribution in [-0.4, -0.2) is 46.4 Å². The number of benzene rings is 1. The van der Waals surface area contributed by atoms with Gasteiger partial charge in [0.25, 0.3) is 0 Å². The third-order valence-corrected chi connectivity index (χ3v) is 5.63. The summed E-state index contributed by atoms with van der Waals surface area (Å²) < 4.78 is 26.1. The Hall–Kier alpha value is -1.55. The van der Waals surface area contributed by atoms with Crippen molar-refractivity contribution in [2.24, 2.45) is 11.7 Å². The van der Waals surface area contributed by atoms with E-state index in [0.29, 0.717) is 45.1 Å². The van der Waals surface area contributed by atoms with E-state index in [0.717, 1.165) is 18.1 Å². The predicted molar refractivity (Wildman–Crippen MR) is 103 cm³/mol. The highest BCUT2D eigenvalue weighted by atomic mass is 19.2. The first-order valence-electron chi connectivity index (χ1n) is 9.78. The number of unbranched alkanes of at least 4 members (excludes halogenated alkanes) is 1. The van der Waals surface area contributed by atoms with Gasteiger partial charge in [-0.3, -0.25) is 4.79 Å². The van der Waals surface area contributed by atoms with E-state index in [9.17, 15) is 18.7 Å². The molecule has 0 radical (unpaired) electrons. The van der Waals surface area contributed by atoms with Crippen molar-refractivity contribution in [1.82, 2.24) is 5.32 Å². The normalized spacial score (nSPS) is 21.0. The maximum absolute atomic E-state index is 13.2. The third-order valence-electron chi connectivity index (χ3n) is 5.63. The minimum Gasteiger partial charge on any atom is -0.480 e. The highest BCUT2D eigenvalue weighted by Crippen LogP contribution is 2.38. The van der Waals surface area contributed by atoms with E-state index in [1.165, 1.54) is 6.07 Å². The van der Waals surface area contributed by atoms with Crippen LogP contribution in [0.2, 0.25) is 6.32 Å². The number of hydrogen-bond donors (Lipinski definition) is 5. The summed E-state index contributed by atoms with van der Waals surface area (Å²) in [6.45, 7) is 0.704. The van der Waals surface area contributed by atoms with E-state index < -0.39 is 30.3 Å². The fraction of sp³-hybridized carbons (Fsp3) is 0.632. The van der Waals surface area contributed by atoms with E-state index in [1.54, 1.807) is 6.07 Å². The first-order chi connectivity index (χ1) is 13.2. The summed E-state index contributed by atoms with van der Waals surface area (Å²) in [6.07, 6.45) is 4.32. The number of hydrogen-bond acceptors (Lipinski definition) is 5. The van der Waals surface area contributed by atoms with Gasteiger partial charge in [0.15, 0.2) is 11.6 Å². The molecule has 0 heterocycles. The van der Waals surface area contributed by atoms with Gasteiger partial charge in [0.1, 0.15) is 5.54 Å². The lowest BCUT2D eigenvalue weighted by Crippen LogP contribution is -2.61. The zero-order valence-corrected chi connectivity index (χ0v) is 15.9. The van der Waals surface area contributed by atoms with Gasteiger partial charge in [0, 0.05) is 6.04 Å². The van der Waals surface area contributed by atoms with E-state index in [-0.39, 0.29) is 18.3 Å². The molecule has 156 valence electrons. The van der Waals surface area contributed by atoms with E-state index in [1.807, 2.05) is 0 Å². The summed E-state index contributed by atoms with van der Waals surface area (Å²) in [4.78, 5) is 11.7. The predicted octanol–water partition coefficient (Wildman–Crippen LogP) is 1.69. The standard InChI is InChI=1S/C19H29BF2N2O4/c21-16-6-5-13(10-17(16)22)4-3-9-24-15-11-14(12-15)19(23,18(25)26)7-1-2-8-20(27)28/h5-6,10,14-15,24,27-28H,1-4,7-9,11-12,23H2,(H,25,26)/t14-,15-,19-/m0/s1. The van der Waals surface area contributed by atoms with Crippen LogP contribution in [-0.2, 0) is 11.2 Å². The molecule has 9 heteroatoms. The minimum atomic E-state index is -1.37. The van der Waals surface area contributed by atoms with E-state index >= 15 is 0 Å². The molecule has 1 aliphatic rings. The smallest absolute Gasteiger partial charge is 0.451 e. The van der Waals surface area contributed by atoms with E-state index in [4.69, 9.17) is 15.8 Å². The minimum absolute atomic E-state index is 0.118. The van der Waals surface area contributed by atoms with Crippen molar-refractivity contribution in [3.05, 3.63) is 35.4 Å². The molecule has 0 amide bonds. The van der Waals surface area contributed by atoms with Crippen molar-refractivity contribution in [1.29, 1.82) is 0 Å². The lowest BCUT2D eigenvalue weighted by molar-refractivity contribution is -0.148. The zero-order chi connectivity index (χ0) is 20.7. The van der Waals surface area contributed by atoms with Gasteiger partial charge in [-0.25, -0.2) is 8.78 Å². The molecule has 0 spiro atoms. The van der Waals surface area contributed by atoms with Gasteiger partial charge in [-0.1, -0.05) is 18.9 Å². The number of rotatable bonds is 12. The molecule has 1 atom stereocenters. The zero-order valence-electron chi connectivity index (χ0n) is 15.9. The molecule has 6 N–H and O–H groups in total. The van der Waals surface area contributed by atoms with Gasteiger partial charge >= 0.3 is 13.1 Å². The molecule has 1 aliphatic carbocycles. The molecule has 0 aliphatic heterocycles. The van der Waals surface area contributed by atoms with Gasteiger partial charge in [-0.05, 0) is 68.6 Å². The van der Waals surface area contributed by atoms with Crippen LogP contribution in [0.4, 0.5) is 8.78 Å². The number of aryl methyl sites for hydroxylation is 1. The summed E-state index contributed by atoms with van der Waals surface area (Å²) >= 11 is 0. The molecule has 1 fully saturated rings. The van der Waals surface area contributed by atoms with Crippen molar-refractivity contribution in [3.8, 4) is 0 Å². The quantitative estimate of drug-likeness (QED) is 0.270. The highest BCUT2D eigenvalue weighted by Gasteiger charge is 2.47. The second-order valence-corrected chi connectivity index (χ2v) is 7.74. The summed E-state index contributed by atoms with van der Waals surface area (Å²) in [6, 6.07) is 4.11. The topological polar surface area (TPSA) is 116 Å². The third kappa shape index (κ3) is 6.23. The molecule has 0 saturated heterocycles. The van der Waals surface area contributed by atoms with Crippen molar-refractivity contribution in [3.63, 3.8) is 0 Å². The first-order valence-corrected chi connectivity index (χ1v) is 9.78. The van der Waals surface area contributed by atoms with Gasteiger partial charge in [-0.15, -0.1) is 0 Å². The van der Waals surface area contributed by atoms with Crippen molar-refractivity contribution in [2.45, 2.75) is 62.8 Å². The molecule has 28 heavy (non-hydrogen) atoms. The number of nitrogens with two attached hydrogens (primary N) is 1. The molecule has 1 aromatic rings. The first kappa shape index (κ1) is 22.7. The molecule has 0 bridgehead atoms. The molecular formula is C19H29BF2N2O4. The van der Waals surface area contributed by atoms with Gasteiger partial charge < -0.3 is 26.2 Å². The Morgan fingerprint density at radius 1 is 1.21 bits per heavy atom. The second-order valence-electron chi connectivity index (χ2n) is 7.74. The van der Waals surface area contributed by atoms with Crippen LogP contribution in [0.15, 0.2) is 18.2 Å². The average Bonchev–Trinajstić information content (AvgIpc) is 2.59. The van der Waals surface area contributed by atoms with Crippen LogP contribution in [0.25, 0.3) is 0 Å². The van der Waals surface area contributed by atoms with Gasteiger partial charge in [0.2, 0.25) is 0 Å². The summed E-state index contributed by atoms with van der Waals surface area (Å²) in [5, 5.41) is 30.6. The molecule has 6 nitrogen and oxygen atoms in total. The van der Waals surface area contributed by atoms with Crippen LogP contribution in [0.1, 0.15) is 44.1 Å². The molecule has 1 saturated carbocycles. The average molecular weight is 398 g/mol. The van der Waals surface area contributed by atoms with Crippen molar-refractivity contribution in [2.75, 3.05) is 6.54 Å². The Kier molecular flexibility index (Phi) is 8.36. The lowest BCUT2D eigenvalue weighted by atomic mass is 9.66. The lowest BCUT2D eigenvalue weighted by Gasteiger charge is -2.45. The summed E-state index contributed by atoms with van der Waals surface area (Å²) in [5.41, 5.74) is 5.62. The number of halogens is 2. The number of carbonyl (C=O) groups is 1. The monoisotopic (exact) mass is 398 g/mol. The van der Waals surface area contributed by atoms with Crippen LogP contribution < -0.4 is 11.1 Å². The van der Waals surface area contributed by atoms with Crippen LogP contribution in [0.3, 0.4) is 0 Å². The Morgan fingerprint density at radius 3 is 2.54 bits per heavy atom. The number of aliphatic carboxylic acids is 1. The largest absolute Gasteiger partial charge is 0.480 e. The second kappa shape index (κ2) is 10.3. The Balaban J connectivity index is 1.68. The maximum Gasteiger partial charge on any atom is 0.451 e. The summed E-state index contributed by atoms with van der Waals surface area (Å²) in [5.74, 6) is -2.82. The Morgan fingerprint density at radius 2 is 1.93 bits per heavy atom. The van der Waals surface area contributed by atoms with Gasteiger partial charge in [0.05, 0.1) is 0 Å². The molecule has 0 unspecified atom stereocenters. The Bertz CT molecular complexity index is 659. The van der Waals surface area contributed by atoms with Crippen LogP contribution >= 0.6 is 0 Å². The molecule has 0 aromatic heterocycles. The summed E-state index contributed by atoms with van der Waals surface area (Å²) in [7, 11) is -1.37. The highest BCUT2D eigenvalue weighted by molar-refractivity contribution is 6.40. The molecule has 1 aromatic carbocycles. The fourth-order valence-corrected chi connectivity index (χ4v) is 3.73. The van der Waals surface area contributed by atoms with Crippen LogP contribution in [0, 0.1) is 17.6 Å². The van der Waals surface area contributed by atoms with E-state index in [2.05, 4.69) is 5.32 Å². The number of nitrogens with one attached hydrogen (secondary N) is 1. The van der Waals surface area contributed by atoms with Crippen molar-refractivity contribution < 1.29 is 28.7 Å². The number of carboxylic acids is 1. The Labute approximate surface area is 164 Å². The van der Waals surface area contributed by atoms with Gasteiger partial charge in [-0.2, -0.15) is 0 Å².